The average molecular weight is 909 g/mol. The Morgan fingerprint density at radius 1 is 0.559 bits per heavy atom. The Hall–Kier alpha value is -8.01. The molecular formula is C58H42B2N6S2. The van der Waals surface area contributed by atoms with Gasteiger partial charge in [-0.2, -0.15) is 5.26 Å². The van der Waals surface area contributed by atoms with E-state index in [1.54, 1.807) is 11.3 Å². The van der Waals surface area contributed by atoms with E-state index < -0.39 is 6.85 Å². The molecule has 0 aliphatic heterocycles. The maximum absolute atomic E-state index is 12.0. The predicted octanol–water partition coefficient (Wildman–Crippen LogP) is 9.87. The van der Waals surface area contributed by atoms with Crippen LogP contribution in [0, 0.1) is 24.8 Å². The SMILES string of the molecule is [C-]#[N+]/C(c1nc2ccccc2s1)=c1\c2c(C(C)C)n(B(c3ccccc3)c3ccccc3)/c(=C(/C#N)c3nc4ccccc4s3)c2c(-c2ccccc2C)n1B(c1ccccc1)c1ccccc1. The lowest BCUT2D eigenvalue weighted by molar-refractivity contribution is 0.810. The summed E-state index contributed by atoms with van der Waals surface area (Å²) in [6.07, 6.45) is 0. The molecule has 0 unspecified atom stereocenters. The molecule has 0 saturated carbocycles. The van der Waals surface area contributed by atoms with Gasteiger partial charge in [-0.25, -0.2) is 14.8 Å². The summed E-state index contributed by atoms with van der Waals surface area (Å²) in [6.45, 7) is 15.2. The van der Waals surface area contributed by atoms with Crippen molar-refractivity contribution in [2.24, 2.45) is 0 Å². The minimum Gasteiger partial charge on any atom is -0.384 e. The van der Waals surface area contributed by atoms with Crippen molar-refractivity contribution in [1.29, 1.82) is 5.26 Å². The average Bonchev–Trinajstić information content (AvgIpc) is 4.16. The molecule has 6 nitrogen and oxygen atoms in total. The number of para-hydroxylation sites is 2. The molecule has 7 aromatic carbocycles. The third-order valence-corrected chi connectivity index (χ3v) is 14.9. The summed E-state index contributed by atoms with van der Waals surface area (Å²) in [5, 5.41) is 16.6. The van der Waals surface area contributed by atoms with E-state index in [0.717, 1.165) is 86.3 Å². The van der Waals surface area contributed by atoms with Gasteiger partial charge in [0.1, 0.15) is 21.7 Å². The Kier molecular flexibility index (Phi) is 11.3. The van der Waals surface area contributed by atoms with Gasteiger partial charge in [0.05, 0.1) is 32.4 Å². The lowest BCUT2D eigenvalue weighted by Crippen LogP contribution is -2.54. The highest BCUT2D eigenvalue weighted by Crippen LogP contribution is 2.37. The summed E-state index contributed by atoms with van der Waals surface area (Å²) in [5.74, 6) is -0.106. The first-order valence-electron chi connectivity index (χ1n) is 22.8. The van der Waals surface area contributed by atoms with Crippen LogP contribution < -0.4 is 32.5 Å². The van der Waals surface area contributed by atoms with Crippen LogP contribution in [0.25, 0.3) is 58.6 Å². The maximum atomic E-state index is 12.0. The lowest BCUT2D eigenvalue weighted by Gasteiger charge is -2.25. The summed E-state index contributed by atoms with van der Waals surface area (Å²) in [5.41, 5.74) is 10.8. The molecule has 0 fully saturated rings. The van der Waals surface area contributed by atoms with Crippen LogP contribution in [0.5, 0.6) is 0 Å². The van der Waals surface area contributed by atoms with Gasteiger partial charge in [0.15, 0.2) is 0 Å². The van der Waals surface area contributed by atoms with Crippen molar-refractivity contribution in [3.05, 3.63) is 238 Å². The van der Waals surface area contributed by atoms with Crippen LogP contribution in [0.1, 0.15) is 41.0 Å². The van der Waals surface area contributed by atoms with Crippen LogP contribution in [-0.4, -0.2) is 32.6 Å². The number of thiazole rings is 2. The number of nitriles is 1. The standard InChI is InChI=1S/C58H42B2N6S2/c1-38(2)53-50-51(55(45(37-61)57-63-46-33-19-21-35-48(46)67-57)65(53)59(40-24-9-5-10-25-40)41-26-11-6-12-27-41)54(44-32-18-17-23-39(44)3)66(60(42-28-13-7-14-29-42)43-30-15-8-16-31-43)56(50)52(62-4)58-64-47-34-20-22-36-49(47)68-58/h5-36,38H,1-3H3/b55-45-,56-52+. The summed E-state index contributed by atoms with van der Waals surface area (Å²) in [7, 11) is 0. The molecule has 4 aromatic heterocycles. The molecule has 0 spiro atoms. The number of aromatic nitrogens is 4. The van der Waals surface area contributed by atoms with Gasteiger partial charge in [-0.3, -0.25) is 0 Å². The van der Waals surface area contributed by atoms with Gasteiger partial charge >= 0.3 is 13.7 Å². The van der Waals surface area contributed by atoms with E-state index >= 15 is 0 Å². The molecule has 0 atom stereocenters. The number of aryl methyl sites for hydroxylation is 1. The monoisotopic (exact) mass is 908 g/mol. The Labute approximate surface area is 404 Å². The van der Waals surface area contributed by atoms with E-state index in [4.69, 9.17) is 9.97 Å². The van der Waals surface area contributed by atoms with E-state index in [1.165, 1.54) is 11.3 Å². The van der Waals surface area contributed by atoms with Crippen LogP contribution >= 0.6 is 22.7 Å². The Morgan fingerprint density at radius 2 is 1.00 bits per heavy atom. The topological polar surface area (TPSA) is 63.8 Å². The van der Waals surface area contributed by atoms with Crippen molar-refractivity contribution >= 4 is 101 Å². The smallest absolute Gasteiger partial charge is 0.327 e. The Balaban J connectivity index is 1.50. The van der Waals surface area contributed by atoms with Crippen molar-refractivity contribution in [2.75, 3.05) is 0 Å². The minimum atomic E-state index is -0.408. The molecule has 4 heterocycles. The van der Waals surface area contributed by atoms with Gasteiger partial charge in [-0.05, 0) is 42.7 Å². The number of nitrogens with zero attached hydrogens (tertiary/aromatic N) is 6. The first-order valence-corrected chi connectivity index (χ1v) is 24.4. The molecule has 0 saturated heterocycles. The largest absolute Gasteiger partial charge is 0.384 e. The van der Waals surface area contributed by atoms with E-state index in [9.17, 15) is 11.8 Å². The lowest BCUT2D eigenvalue weighted by atomic mass is 9.50. The number of hydrogen-bond donors (Lipinski definition) is 0. The van der Waals surface area contributed by atoms with Crippen molar-refractivity contribution in [1.82, 2.24) is 18.9 Å². The molecule has 0 bridgehead atoms. The molecule has 11 aromatic rings. The molecule has 68 heavy (non-hydrogen) atoms. The van der Waals surface area contributed by atoms with E-state index in [-0.39, 0.29) is 12.8 Å². The predicted molar refractivity (Wildman–Crippen MR) is 287 cm³/mol. The zero-order valence-electron chi connectivity index (χ0n) is 37.7. The molecule has 0 aliphatic rings. The fraction of sp³-hybridized carbons (Fsp3) is 0.0690. The molecule has 322 valence electrons. The third-order valence-electron chi connectivity index (χ3n) is 12.8. The third kappa shape index (κ3) is 7.27. The van der Waals surface area contributed by atoms with Crippen LogP contribution in [0.2, 0.25) is 0 Å². The molecule has 0 amide bonds. The summed E-state index contributed by atoms with van der Waals surface area (Å²) >= 11 is 3.08. The molecule has 0 N–H and O–H groups in total. The van der Waals surface area contributed by atoms with Crippen molar-refractivity contribution < 1.29 is 0 Å². The second kappa shape index (κ2) is 18.0. The second-order valence-corrected chi connectivity index (χ2v) is 19.3. The number of benzene rings is 7. The first-order chi connectivity index (χ1) is 33.4. The van der Waals surface area contributed by atoms with Gasteiger partial charge in [-0.1, -0.05) is 206 Å². The van der Waals surface area contributed by atoms with Crippen molar-refractivity contribution in [3.63, 3.8) is 0 Å². The highest BCUT2D eigenvalue weighted by molar-refractivity contribution is 7.20. The summed E-state index contributed by atoms with van der Waals surface area (Å²) < 4.78 is 6.86. The highest BCUT2D eigenvalue weighted by atomic mass is 32.1. The fourth-order valence-electron chi connectivity index (χ4n) is 9.98. The van der Waals surface area contributed by atoms with Crippen molar-refractivity contribution in [2.45, 2.75) is 26.7 Å². The van der Waals surface area contributed by atoms with E-state index in [0.29, 0.717) is 21.3 Å². The van der Waals surface area contributed by atoms with Gasteiger partial charge in [0.25, 0.3) is 0 Å². The summed E-state index contributed by atoms with van der Waals surface area (Å²) in [4.78, 5) is 15.1. The second-order valence-electron chi connectivity index (χ2n) is 17.3. The van der Waals surface area contributed by atoms with E-state index in [1.807, 2.05) is 36.4 Å². The summed E-state index contributed by atoms with van der Waals surface area (Å²) in [6, 6.07) is 69.9. The maximum Gasteiger partial charge on any atom is 0.327 e. The normalized spacial score (nSPS) is 12.3. The minimum absolute atomic E-state index is 0.106. The molecule has 11 rings (SSSR count). The first kappa shape index (κ1) is 42.6. The van der Waals surface area contributed by atoms with Crippen LogP contribution in [0.4, 0.5) is 0 Å². The molecular weight excluding hydrogens is 866 g/mol. The van der Waals surface area contributed by atoms with Crippen LogP contribution in [0.3, 0.4) is 0 Å². The number of fused-ring (bicyclic) bond motifs is 3. The molecule has 10 heteroatoms. The fourth-order valence-corrected chi connectivity index (χ4v) is 11.9. The van der Waals surface area contributed by atoms with Crippen molar-refractivity contribution in [3.8, 4) is 17.3 Å². The van der Waals surface area contributed by atoms with Gasteiger partial charge in [0.2, 0.25) is 5.70 Å². The van der Waals surface area contributed by atoms with Gasteiger partial charge < -0.3 is 8.96 Å². The highest BCUT2D eigenvalue weighted by Gasteiger charge is 2.37. The van der Waals surface area contributed by atoms with Crippen LogP contribution in [-0.2, 0) is 0 Å². The quantitative estimate of drug-likeness (QED) is 0.102. The number of hydrogen-bond acceptors (Lipinski definition) is 5. The Bertz CT molecular complexity index is 3640. The molecule has 0 radical (unpaired) electrons. The zero-order chi connectivity index (χ0) is 46.3. The van der Waals surface area contributed by atoms with Gasteiger partial charge in [0, 0.05) is 33.1 Å². The zero-order valence-corrected chi connectivity index (χ0v) is 39.3. The van der Waals surface area contributed by atoms with E-state index in [2.05, 4.69) is 198 Å². The Morgan fingerprint density at radius 3 is 1.47 bits per heavy atom. The van der Waals surface area contributed by atoms with Crippen LogP contribution in [0.15, 0.2) is 194 Å². The van der Waals surface area contributed by atoms with Gasteiger partial charge in [-0.15, -0.1) is 22.7 Å². The molecule has 0 aliphatic carbocycles. The number of rotatable bonds is 10.